The molecule has 0 spiro atoms. The molecule has 8 nitrogen and oxygen atoms in total. The Balaban J connectivity index is 1.66. The quantitative estimate of drug-likeness (QED) is 0.376. The van der Waals surface area contributed by atoms with Gasteiger partial charge in [0.2, 0.25) is 5.91 Å². The molecule has 9 heteroatoms. The predicted octanol–water partition coefficient (Wildman–Crippen LogP) is -0.358. The van der Waals surface area contributed by atoms with E-state index < -0.39 is 25.1 Å². The molecule has 6 N–H and O–H groups in total. The lowest BCUT2D eigenvalue weighted by atomic mass is 9.72. The smallest absolute Gasteiger partial charge is 0.478 e. The number of nitrogens with two attached hydrogens (primary N) is 1. The highest BCUT2D eigenvalue weighted by Crippen LogP contribution is 2.27. The molecule has 142 valence electrons. The second-order valence-corrected chi connectivity index (χ2v) is 7.16. The fourth-order valence-electron chi connectivity index (χ4n) is 3.74. The summed E-state index contributed by atoms with van der Waals surface area (Å²) in [4.78, 5) is 22.9. The van der Waals surface area contributed by atoms with Crippen LogP contribution in [0.25, 0.3) is 0 Å². The lowest BCUT2D eigenvalue weighted by Crippen LogP contribution is -2.53. The minimum Gasteiger partial charge on any atom is -0.481 e. The molecule has 0 radical (unpaired) electrons. The third-order valence-corrected chi connectivity index (χ3v) is 5.12. The number of hydrogen-bond donors (Lipinski definition) is 5. The molecule has 0 unspecified atom stereocenters. The van der Waals surface area contributed by atoms with E-state index in [-0.39, 0.29) is 12.3 Å². The Morgan fingerprint density at radius 2 is 1.84 bits per heavy atom. The van der Waals surface area contributed by atoms with E-state index in [1.54, 1.807) is 0 Å². The van der Waals surface area contributed by atoms with Crippen molar-refractivity contribution in [2.24, 2.45) is 11.7 Å². The van der Waals surface area contributed by atoms with Gasteiger partial charge < -0.3 is 31.2 Å². The van der Waals surface area contributed by atoms with Crippen molar-refractivity contribution in [1.82, 2.24) is 10.6 Å². The fourth-order valence-corrected chi connectivity index (χ4v) is 3.74. The van der Waals surface area contributed by atoms with E-state index in [0.717, 1.165) is 32.2 Å². The first-order valence-electron chi connectivity index (χ1n) is 9.26. The number of hydrogen-bond acceptors (Lipinski definition) is 6. The van der Waals surface area contributed by atoms with Crippen molar-refractivity contribution in [2.75, 3.05) is 13.1 Å². The summed E-state index contributed by atoms with van der Waals surface area (Å²) in [6, 6.07) is 0.502. The van der Waals surface area contributed by atoms with Gasteiger partial charge in [-0.3, -0.25) is 9.59 Å². The molecule has 2 atom stereocenters. The van der Waals surface area contributed by atoms with Gasteiger partial charge in [-0.05, 0) is 44.4 Å². The van der Waals surface area contributed by atoms with Crippen molar-refractivity contribution in [3.8, 4) is 0 Å². The highest BCUT2D eigenvalue weighted by molar-refractivity contribution is 6.45. The van der Waals surface area contributed by atoms with Crippen molar-refractivity contribution >= 4 is 19.0 Å². The van der Waals surface area contributed by atoms with E-state index >= 15 is 0 Å². The standard InChI is InChI=1S/C16H30BN3O5/c18-7-8-19-12-3-1-11(2-4-12)9-15(21)20-14-6-5-13(10-16(22)23)25-17(14)24/h11-14,19,24H,1-10,18H2,(H,20,21)(H,22,23)/t11?,12?,13-,14+/m1/s1. The first kappa shape index (κ1) is 20.2. The van der Waals surface area contributed by atoms with Gasteiger partial charge in [0.25, 0.3) is 0 Å². The van der Waals surface area contributed by atoms with Crippen LogP contribution in [0.15, 0.2) is 0 Å². The molecule has 0 bridgehead atoms. The number of carbonyl (C=O) groups is 2. The summed E-state index contributed by atoms with van der Waals surface area (Å²) in [7, 11) is -1.14. The number of amides is 1. The Morgan fingerprint density at radius 1 is 1.12 bits per heavy atom. The van der Waals surface area contributed by atoms with Crippen LogP contribution >= 0.6 is 0 Å². The maximum atomic E-state index is 12.2. The molecule has 1 saturated carbocycles. The summed E-state index contributed by atoms with van der Waals surface area (Å²) >= 11 is 0. The summed E-state index contributed by atoms with van der Waals surface area (Å²) in [6.07, 6.45) is 5.04. The Kier molecular flexibility index (Phi) is 8.15. The number of carboxylic acids is 1. The molecule has 0 aromatic heterocycles. The summed E-state index contributed by atoms with van der Waals surface area (Å²) in [5, 5.41) is 25.0. The summed E-state index contributed by atoms with van der Waals surface area (Å²) in [5.41, 5.74) is 5.50. The molecule has 2 fully saturated rings. The minimum atomic E-state index is -1.14. The maximum absolute atomic E-state index is 12.2. The molecule has 0 aromatic carbocycles. The van der Waals surface area contributed by atoms with E-state index in [2.05, 4.69) is 10.6 Å². The summed E-state index contributed by atoms with van der Waals surface area (Å²) in [5.74, 6) is -1.10. The normalized spacial score (nSPS) is 30.1. The maximum Gasteiger partial charge on any atom is 0.478 e. The Morgan fingerprint density at radius 3 is 2.44 bits per heavy atom. The van der Waals surface area contributed by atoms with Crippen molar-refractivity contribution in [3.05, 3.63) is 0 Å². The highest BCUT2D eigenvalue weighted by Gasteiger charge is 2.37. The first-order valence-corrected chi connectivity index (χ1v) is 9.26. The Hall–Kier alpha value is -1.16. The van der Waals surface area contributed by atoms with E-state index in [1.165, 1.54) is 0 Å². The number of carbonyl (C=O) groups excluding carboxylic acids is 1. The number of nitrogens with one attached hydrogen (secondary N) is 2. The first-order chi connectivity index (χ1) is 12.0. The highest BCUT2D eigenvalue weighted by atomic mass is 16.5. The van der Waals surface area contributed by atoms with Crippen molar-refractivity contribution in [1.29, 1.82) is 0 Å². The van der Waals surface area contributed by atoms with E-state index in [9.17, 15) is 14.6 Å². The van der Waals surface area contributed by atoms with E-state index in [0.29, 0.717) is 37.8 Å². The second kappa shape index (κ2) is 10.1. The largest absolute Gasteiger partial charge is 0.481 e. The molecule has 2 aliphatic rings. The average Bonchev–Trinajstić information content (AvgIpc) is 2.56. The molecule has 1 saturated heterocycles. The van der Waals surface area contributed by atoms with Gasteiger partial charge in [-0.15, -0.1) is 0 Å². The zero-order chi connectivity index (χ0) is 18.2. The van der Waals surface area contributed by atoms with Crippen LogP contribution in [0.4, 0.5) is 0 Å². The number of carboxylic acid groups (broad SMARTS) is 1. The van der Waals surface area contributed by atoms with Gasteiger partial charge in [-0.25, -0.2) is 0 Å². The minimum absolute atomic E-state index is 0.0669. The van der Waals surface area contributed by atoms with Gasteiger partial charge in [-0.2, -0.15) is 0 Å². The van der Waals surface area contributed by atoms with Gasteiger partial charge in [0.15, 0.2) is 0 Å². The lowest BCUT2D eigenvalue weighted by Gasteiger charge is -2.32. The molecule has 25 heavy (non-hydrogen) atoms. The van der Waals surface area contributed by atoms with Gasteiger partial charge in [-0.1, -0.05) is 0 Å². The molecule has 1 heterocycles. The van der Waals surface area contributed by atoms with Crippen LogP contribution in [0.2, 0.25) is 0 Å². The molecular formula is C16H30BN3O5. The second-order valence-electron chi connectivity index (χ2n) is 7.16. The third kappa shape index (κ3) is 6.93. The molecule has 2 rings (SSSR count). The van der Waals surface area contributed by atoms with Crippen LogP contribution in [0.5, 0.6) is 0 Å². The van der Waals surface area contributed by atoms with Crippen LogP contribution in [0.1, 0.15) is 51.4 Å². The van der Waals surface area contributed by atoms with Gasteiger partial charge in [0.05, 0.1) is 18.5 Å². The molecule has 1 aliphatic heterocycles. The van der Waals surface area contributed by atoms with Crippen molar-refractivity contribution < 1.29 is 24.4 Å². The lowest BCUT2D eigenvalue weighted by molar-refractivity contribution is -0.139. The molecule has 1 aliphatic carbocycles. The number of rotatable bonds is 8. The third-order valence-electron chi connectivity index (χ3n) is 5.12. The zero-order valence-electron chi connectivity index (χ0n) is 14.7. The summed E-state index contributed by atoms with van der Waals surface area (Å²) < 4.78 is 5.29. The Bertz CT molecular complexity index is 445. The van der Waals surface area contributed by atoms with Gasteiger partial charge >= 0.3 is 13.1 Å². The Labute approximate surface area is 149 Å². The van der Waals surface area contributed by atoms with Crippen LogP contribution in [-0.2, 0) is 14.2 Å². The topological polar surface area (TPSA) is 134 Å². The fraction of sp³-hybridized carbons (Fsp3) is 0.875. The van der Waals surface area contributed by atoms with Crippen LogP contribution < -0.4 is 16.4 Å². The molecule has 1 amide bonds. The zero-order valence-corrected chi connectivity index (χ0v) is 14.7. The monoisotopic (exact) mass is 355 g/mol. The van der Waals surface area contributed by atoms with E-state index in [4.69, 9.17) is 15.5 Å². The molecule has 0 aromatic rings. The average molecular weight is 355 g/mol. The summed E-state index contributed by atoms with van der Waals surface area (Å²) in [6.45, 7) is 1.47. The van der Waals surface area contributed by atoms with Crippen LogP contribution in [-0.4, -0.2) is 60.3 Å². The van der Waals surface area contributed by atoms with E-state index in [1.807, 2.05) is 0 Å². The predicted molar refractivity (Wildman–Crippen MR) is 93.7 cm³/mol. The van der Waals surface area contributed by atoms with Crippen molar-refractivity contribution in [3.63, 3.8) is 0 Å². The SMILES string of the molecule is NCCNC1CCC(CC(=O)N[C@H]2CC[C@H](CC(=O)O)OB2O)CC1. The van der Waals surface area contributed by atoms with Gasteiger partial charge in [0.1, 0.15) is 0 Å². The van der Waals surface area contributed by atoms with Gasteiger partial charge in [0, 0.05) is 25.6 Å². The van der Waals surface area contributed by atoms with Crippen LogP contribution in [0.3, 0.4) is 0 Å². The number of aliphatic carboxylic acids is 1. The molecular weight excluding hydrogens is 325 g/mol. The van der Waals surface area contributed by atoms with Crippen LogP contribution in [0, 0.1) is 5.92 Å². The van der Waals surface area contributed by atoms with Crippen molar-refractivity contribution in [2.45, 2.75) is 69.5 Å².